The molecule has 1 rings (SSSR count). The Morgan fingerprint density at radius 1 is 1.60 bits per heavy atom. The van der Waals surface area contributed by atoms with E-state index in [-0.39, 0.29) is 31.8 Å². The van der Waals surface area contributed by atoms with E-state index in [9.17, 15) is 4.79 Å². The summed E-state index contributed by atoms with van der Waals surface area (Å²) in [6, 6.07) is 3.08. The zero-order valence-corrected chi connectivity index (χ0v) is 8.54. The Balaban J connectivity index is 0.000000810. The summed E-state index contributed by atoms with van der Waals surface area (Å²) in [6.45, 7) is 0. The molecule has 3 nitrogen and oxygen atoms in total. The average molecular weight is 332 g/mol. The predicted molar refractivity (Wildman–Crippen MR) is 37.0 cm³/mol. The molecule has 1 heterocycles. The molecule has 1 aromatic rings. The van der Waals surface area contributed by atoms with Crippen LogP contribution >= 0.6 is 0 Å². The molecule has 0 atom stereocenters. The van der Waals surface area contributed by atoms with Gasteiger partial charge >= 0.3 is 5.97 Å². The Bertz CT molecular complexity index is 212. The van der Waals surface area contributed by atoms with Crippen LogP contribution in [0.3, 0.4) is 0 Å². The van der Waals surface area contributed by atoms with Crippen LogP contribution in [0.25, 0.3) is 0 Å². The summed E-state index contributed by atoms with van der Waals surface area (Å²) in [4.78, 5) is 13.8. The van der Waals surface area contributed by atoms with E-state index in [0.717, 1.165) is 0 Å². The van der Waals surface area contributed by atoms with Crippen LogP contribution in [0.4, 0.5) is 0 Å². The van der Waals surface area contributed by atoms with Gasteiger partial charge in [-0.1, -0.05) is 0 Å². The van der Waals surface area contributed by atoms with Gasteiger partial charge < -0.3 is 5.11 Å². The van der Waals surface area contributed by atoms with Crippen LogP contribution in [-0.4, -0.2) is 42.3 Å². The first-order valence-corrected chi connectivity index (χ1v) is 2.44. The van der Waals surface area contributed by atoms with Crippen molar-refractivity contribution in [2.45, 2.75) is 0 Å². The van der Waals surface area contributed by atoms with Gasteiger partial charge in [0.15, 0.2) is 0 Å². The zero-order valence-electron chi connectivity index (χ0n) is 5.06. The minimum Gasteiger partial charge on any atom is -0.478 e. The second kappa shape index (κ2) is 4.34. The van der Waals surface area contributed by atoms with Crippen molar-refractivity contribution in [3.63, 3.8) is 0 Å². The van der Waals surface area contributed by atoms with Gasteiger partial charge in [-0.25, -0.2) is 4.79 Å². The molecule has 0 aliphatic rings. The minimum absolute atomic E-state index is 0. The number of hydrogen-bond acceptors (Lipinski definition) is 2. The standard InChI is InChI=1S/C6H5NO2.Bi/c8-6(9)5-2-1-3-7-4-5;/h1-4H,(H,8,9);. The molecule has 0 aromatic carbocycles. The van der Waals surface area contributed by atoms with E-state index in [4.69, 9.17) is 5.11 Å². The predicted octanol–water partition coefficient (Wildman–Crippen LogP) is 0.399. The quantitative estimate of drug-likeness (QED) is 0.758. The van der Waals surface area contributed by atoms with Gasteiger partial charge in [0.05, 0.1) is 5.56 Å². The maximum atomic E-state index is 10.2. The second-order valence-corrected chi connectivity index (χ2v) is 1.55. The Labute approximate surface area is 77.2 Å². The summed E-state index contributed by atoms with van der Waals surface area (Å²) in [7, 11) is 0. The first-order valence-electron chi connectivity index (χ1n) is 2.44. The largest absolute Gasteiger partial charge is 0.478 e. The topological polar surface area (TPSA) is 50.2 Å². The monoisotopic (exact) mass is 332 g/mol. The van der Waals surface area contributed by atoms with Crippen molar-refractivity contribution in [3.8, 4) is 0 Å². The van der Waals surface area contributed by atoms with Crippen molar-refractivity contribution in [2.24, 2.45) is 0 Å². The summed E-state index contributed by atoms with van der Waals surface area (Å²) >= 11 is 0. The Morgan fingerprint density at radius 2 is 2.30 bits per heavy atom. The fourth-order valence-electron chi connectivity index (χ4n) is 0.489. The number of pyridine rings is 1. The minimum atomic E-state index is -0.942. The third-order valence-electron chi connectivity index (χ3n) is 0.908. The molecule has 0 aliphatic heterocycles. The smallest absolute Gasteiger partial charge is 0.337 e. The summed E-state index contributed by atoms with van der Waals surface area (Å²) in [6.07, 6.45) is 2.84. The number of carboxylic acids is 1. The number of carboxylic acid groups (broad SMARTS) is 1. The van der Waals surface area contributed by atoms with E-state index in [1.54, 1.807) is 6.07 Å². The fourth-order valence-corrected chi connectivity index (χ4v) is 0.489. The first kappa shape index (κ1) is 9.50. The van der Waals surface area contributed by atoms with Crippen molar-refractivity contribution in [3.05, 3.63) is 30.1 Å². The summed E-state index contributed by atoms with van der Waals surface area (Å²) in [5.74, 6) is -0.942. The Morgan fingerprint density at radius 3 is 2.60 bits per heavy atom. The molecule has 0 amide bonds. The van der Waals surface area contributed by atoms with Crippen LogP contribution in [0.1, 0.15) is 10.4 Å². The molecule has 1 N–H and O–H groups in total. The van der Waals surface area contributed by atoms with E-state index in [2.05, 4.69) is 4.98 Å². The van der Waals surface area contributed by atoms with Crippen molar-refractivity contribution in [2.75, 3.05) is 0 Å². The molecular formula is C6H5BiNO2. The van der Waals surface area contributed by atoms with Crippen molar-refractivity contribution < 1.29 is 9.90 Å². The Hall–Kier alpha value is -0.497. The number of aromatic nitrogens is 1. The van der Waals surface area contributed by atoms with Crippen LogP contribution in [0.5, 0.6) is 0 Å². The summed E-state index contributed by atoms with van der Waals surface area (Å²) in [5.41, 5.74) is 0.220. The molecule has 0 spiro atoms. The second-order valence-electron chi connectivity index (χ2n) is 1.55. The number of nitrogens with zero attached hydrogens (tertiary/aromatic N) is 1. The van der Waals surface area contributed by atoms with E-state index < -0.39 is 5.97 Å². The number of carbonyl (C=O) groups is 1. The molecular weight excluding hydrogens is 327 g/mol. The number of hydrogen-bond donors (Lipinski definition) is 1. The molecule has 51 valence electrons. The average Bonchev–Trinajstić information content (AvgIpc) is 1.90. The normalized spacial score (nSPS) is 8.00. The molecule has 1 aromatic heterocycles. The molecule has 0 unspecified atom stereocenters. The molecule has 10 heavy (non-hydrogen) atoms. The van der Waals surface area contributed by atoms with Gasteiger partial charge in [0.1, 0.15) is 0 Å². The van der Waals surface area contributed by atoms with Gasteiger partial charge in [0.2, 0.25) is 0 Å². The third kappa shape index (κ3) is 2.40. The molecule has 4 heteroatoms. The van der Waals surface area contributed by atoms with Gasteiger partial charge in [-0.2, -0.15) is 0 Å². The molecule has 0 saturated carbocycles. The van der Waals surface area contributed by atoms with Gasteiger partial charge in [-0.05, 0) is 12.1 Å². The Kier molecular flexibility index (Phi) is 4.12. The van der Waals surface area contributed by atoms with Crippen LogP contribution < -0.4 is 0 Å². The first-order chi connectivity index (χ1) is 4.30. The van der Waals surface area contributed by atoms with Gasteiger partial charge in [0, 0.05) is 38.6 Å². The van der Waals surface area contributed by atoms with Crippen LogP contribution in [0.15, 0.2) is 24.5 Å². The van der Waals surface area contributed by atoms with Crippen LogP contribution in [0, 0.1) is 0 Å². The maximum Gasteiger partial charge on any atom is 0.337 e. The fraction of sp³-hybridized carbons (Fsp3) is 0. The van der Waals surface area contributed by atoms with E-state index >= 15 is 0 Å². The third-order valence-corrected chi connectivity index (χ3v) is 0.908. The zero-order chi connectivity index (χ0) is 6.69. The number of rotatable bonds is 1. The van der Waals surface area contributed by atoms with Crippen molar-refractivity contribution in [1.82, 2.24) is 4.98 Å². The van der Waals surface area contributed by atoms with E-state index in [1.807, 2.05) is 0 Å². The van der Waals surface area contributed by atoms with Gasteiger partial charge in [-0.3, -0.25) is 4.98 Å². The van der Waals surface area contributed by atoms with Crippen LogP contribution in [0.2, 0.25) is 0 Å². The maximum absolute atomic E-state index is 10.2. The van der Waals surface area contributed by atoms with Crippen molar-refractivity contribution in [1.29, 1.82) is 0 Å². The molecule has 0 aliphatic carbocycles. The van der Waals surface area contributed by atoms with Crippen LogP contribution in [-0.2, 0) is 0 Å². The molecule has 0 bridgehead atoms. The van der Waals surface area contributed by atoms with Gasteiger partial charge in [0.25, 0.3) is 0 Å². The van der Waals surface area contributed by atoms with E-state index in [0.29, 0.717) is 0 Å². The molecule has 3 radical (unpaired) electrons. The molecule has 0 saturated heterocycles. The van der Waals surface area contributed by atoms with E-state index in [1.165, 1.54) is 18.5 Å². The molecule has 0 fully saturated rings. The SMILES string of the molecule is O=C(O)c1cccnc1.[Bi]. The summed E-state index contributed by atoms with van der Waals surface area (Å²) in [5, 5.41) is 8.34. The van der Waals surface area contributed by atoms with Crippen molar-refractivity contribution >= 4 is 32.2 Å². The summed E-state index contributed by atoms with van der Waals surface area (Å²) < 4.78 is 0. The number of aromatic carboxylic acids is 1. The van der Waals surface area contributed by atoms with Gasteiger partial charge in [-0.15, -0.1) is 0 Å².